The Bertz CT molecular complexity index is 301. The van der Waals surface area contributed by atoms with Crippen LogP contribution in [0.1, 0.15) is 12.0 Å². The van der Waals surface area contributed by atoms with Crippen molar-refractivity contribution in [2.45, 2.75) is 19.6 Å². The van der Waals surface area contributed by atoms with Gasteiger partial charge in [0.2, 0.25) is 0 Å². The van der Waals surface area contributed by atoms with E-state index in [0.717, 1.165) is 11.3 Å². The first-order valence-corrected chi connectivity index (χ1v) is 5.33. The number of hydrogen-bond acceptors (Lipinski definition) is 3. The molecule has 0 radical (unpaired) electrons. The Morgan fingerprint density at radius 1 is 1.12 bits per heavy atom. The van der Waals surface area contributed by atoms with E-state index in [4.69, 9.17) is 9.47 Å². The molecule has 3 nitrogen and oxygen atoms in total. The van der Waals surface area contributed by atoms with Gasteiger partial charge in [-0.3, -0.25) is 0 Å². The summed E-state index contributed by atoms with van der Waals surface area (Å²) in [5, 5.41) is 0. The Balaban J connectivity index is 2.09. The molecule has 0 aliphatic heterocycles. The second-order valence-corrected chi connectivity index (χ2v) is 3.39. The number of ether oxygens (including phenoxy) is 3. The molecule has 0 aliphatic rings. The van der Waals surface area contributed by atoms with Gasteiger partial charge in [0, 0.05) is 6.61 Å². The zero-order valence-corrected chi connectivity index (χ0v) is 9.70. The molecule has 0 fully saturated rings. The van der Waals surface area contributed by atoms with E-state index in [0.29, 0.717) is 19.6 Å². The smallest absolute Gasteiger partial charge is 0.345 e. The quantitative estimate of drug-likeness (QED) is 0.660. The molecule has 0 aromatic heterocycles. The normalized spacial score (nSPS) is 10.8. The molecule has 1 aromatic rings. The largest absolute Gasteiger partial charge is 0.497 e. The predicted octanol–water partition coefficient (Wildman–Crippen LogP) is 2.84. The fourth-order valence-electron chi connectivity index (χ4n) is 1.25. The van der Waals surface area contributed by atoms with E-state index in [9.17, 15) is 8.78 Å². The highest BCUT2D eigenvalue weighted by Gasteiger charge is 2.00. The molecule has 17 heavy (non-hydrogen) atoms. The first-order valence-electron chi connectivity index (χ1n) is 5.33. The highest BCUT2D eigenvalue weighted by atomic mass is 19.3. The van der Waals surface area contributed by atoms with Gasteiger partial charge < -0.3 is 14.2 Å². The van der Waals surface area contributed by atoms with Gasteiger partial charge in [0.1, 0.15) is 5.75 Å². The maximum atomic E-state index is 11.6. The number of methoxy groups -OCH3 is 1. The first kappa shape index (κ1) is 13.9. The van der Waals surface area contributed by atoms with E-state index in [-0.39, 0.29) is 6.61 Å². The highest BCUT2D eigenvalue weighted by Crippen LogP contribution is 2.11. The van der Waals surface area contributed by atoms with E-state index in [2.05, 4.69) is 4.74 Å². The van der Waals surface area contributed by atoms with Gasteiger partial charge in [-0.1, -0.05) is 12.1 Å². The number of alkyl halides is 2. The van der Waals surface area contributed by atoms with E-state index in [1.807, 2.05) is 24.3 Å². The van der Waals surface area contributed by atoms with Crippen LogP contribution in [0.15, 0.2) is 24.3 Å². The molecule has 1 rings (SSSR count). The van der Waals surface area contributed by atoms with Gasteiger partial charge in [-0.25, -0.2) is 0 Å². The standard InChI is InChI=1S/C12H16F2O3/c1-15-11-5-3-10(4-6-11)9-16-7-2-8-17-12(13)14/h3-6,12H,2,7-9H2,1H3. The SMILES string of the molecule is COc1ccc(COCCCOC(F)F)cc1. The van der Waals surface area contributed by atoms with Crippen molar-refractivity contribution >= 4 is 0 Å². The molecule has 0 aliphatic carbocycles. The van der Waals surface area contributed by atoms with Gasteiger partial charge in [-0.2, -0.15) is 8.78 Å². The molecule has 0 spiro atoms. The van der Waals surface area contributed by atoms with Gasteiger partial charge in [-0.15, -0.1) is 0 Å². The van der Waals surface area contributed by atoms with Crippen molar-refractivity contribution in [3.8, 4) is 5.75 Å². The third kappa shape index (κ3) is 6.19. The van der Waals surface area contributed by atoms with Crippen LogP contribution in [-0.2, 0) is 16.1 Å². The Hall–Kier alpha value is -1.20. The zero-order chi connectivity index (χ0) is 12.5. The number of benzene rings is 1. The molecule has 0 atom stereocenters. The van der Waals surface area contributed by atoms with Crippen molar-refractivity contribution < 1.29 is 23.0 Å². The maximum Gasteiger partial charge on any atom is 0.345 e. The van der Waals surface area contributed by atoms with Gasteiger partial charge in [0.15, 0.2) is 0 Å². The van der Waals surface area contributed by atoms with Crippen LogP contribution < -0.4 is 4.74 Å². The minimum atomic E-state index is -2.70. The van der Waals surface area contributed by atoms with E-state index in [1.165, 1.54) is 0 Å². The number of hydrogen-bond donors (Lipinski definition) is 0. The van der Waals surface area contributed by atoms with Gasteiger partial charge >= 0.3 is 6.61 Å². The van der Waals surface area contributed by atoms with Crippen LogP contribution in [0, 0.1) is 0 Å². The molecule has 0 bridgehead atoms. The first-order chi connectivity index (χ1) is 8.22. The topological polar surface area (TPSA) is 27.7 Å². The second-order valence-electron chi connectivity index (χ2n) is 3.39. The minimum Gasteiger partial charge on any atom is -0.497 e. The minimum absolute atomic E-state index is 0.0142. The van der Waals surface area contributed by atoms with E-state index in [1.54, 1.807) is 7.11 Å². The molecular weight excluding hydrogens is 230 g/mol. The average molecular weight is 246 g/mol. The molecular formula is C12H16F2O3. The zero-order valence-electron chi connectivity index (χ0n) is 9.70. The monoisotopic (exact) mass is 246 g/mol. The highest BCUT2D eigenvalue weighted by molar-refractivity contribution is 5.26. The number of halogens is 2. The Morgan fingerprint density at radius 2 is 1.82 bits per heavy atom. The summed E-state index contributed by atoms with van der Waals surface area (Å²) in [6.07, 6.45) is 0.459. The third-order valence-corrected chi connectivity index (χ3v) is 2.10. The van der Waals surface area contributed by atoms with Crippen LogP contribution in [0.5, 0.6) is 5.75 Å². The Morgan fingerprint density at radius 3 is 2.41 bits per heavy atom. The maximum absolute atomic E-state index is 11.6. The van der Waals surface area contributed by atoms with Crippen molar-refractivity contribution in [3.63, 3.8) is 0 Å². The summed E-state index contributed by atoms with van der Waals surface area (Å²) < 4.78 is 37.6. The van der Waals surface area contributed by atoms with Crippen LogP contribution in [0.3, 0.4) is 0 Å². The average Bonchev–Trinajstić information content (AvgIpc) is 2.34. The fraction of sp³-hybridized carbons (Fsp3) is 0.500. The van der Waals surface area contributed by atoms with Crippen molar-refractivity contribution in [1.29, 1.82) is 0 Å². The molecule has 5 heteroatoms. The summed E-state index contributed by atoms with van der Waals surface area (Å²) in [6, 6.07) is 7.49. The summed E-state index contributed by atoms with van der Waals surface area (Å²) in [4.78, 5) is 0. The molecule has 0 saturated carbocycles. The lowest BCUT2D eigenvalue weighted by atomic mass is 10.2. The summed E-state index contributed by atoms with van der Waals surface area (Å²) in [7, 11) is 1.61. The van der Waals surface area contributed by atoms with E-state index >= 15 is 0 Å². The summed E-state index contributed by atoms with van der Waals surface area (Å²) in [5.41, 5.74) is 1.01. The number of rotatable bonds is 8. The van der Waals surface area contributed by atoms with Gasteiger partial charge in [-0.05, 0) is 24.1 Å². The lowest BCUT2D eigenvalue weighted by Gasteiger charge is -2.06. The summed E-state index contributed by atoms with van der Waals surface area (Å²) in [5.74, 6) is 0.791. The van der Waals surface area contributed by atoms with Crippen molar-refractivity contribution in [3.05, 3.63) is 29.8 Å². The van der Waals surface area contributed by atoms with Gasteiger partial charge in [0.05, 0.1) is 20.3 Å². The molecule has 0 heterocycles. The Kier molecular flexibility index (Phi) is 6.50. The molecule has 0 unspecified atom stereocenters. The summed E-state index contributed by atoms with van der Waals surface area (Å²) >= 11 is 0. The van der Waals surface area contributed by atoms with Crippen molar-refractivity contribution in [2.75, 3.05) is 20.3 Å². The van der Waals surface area contributed by atoms with Crippen molar-refractivity contribution in [2.24, 2.45) is 0 Å². The molecule has 96 valence electrons. The molecule has 0 N–H and O–H groups in total. The van der Waals surface area contributed by atoms with Crippen LogP contribution in [0.2, 0.25) is 0 Å². The van der Waals surface area contributed by atoms with Crippen LogP contribution in [0.25, 0.3) is 0 Å². The fourth-order valence-corrected chi connectivity index (χ4v) is 1.25. The van der Waals surface area contributed by atoms with Crippen LogP contribution >= 0.6 is 0 Å². The molecule has 1 aromatic carbocycles. The summed E-state index contributed by atoms with van der Waals surface area (Å²) in [6.45, 7) is -1.82. The van der Waals surface area contributed by atoms with Crippen LogP contribution in [-0.4, -0.2) is 26.9 Å². The van der Waals surface area contributed by atoms with Crippen molar-refractivity contribution in [1.82, 2.24) is 0 Å². The van der Waals surface area contributed by atoms with Gasteiger partial charge in [0.25, 0.3) is 0 Å². The molecule has 0 amide bonds. The third-order valence-electron chi connectivity index (χ3n) is 2.10. The van der Waals surface area contributed by atoms with E-state index < -0.39 is 6.61 Å². The predicted molar refractivity (Wildman–Crippen MR) is 59.2 cm³/mol. The lowest BCUT2D eigenvalue weighted by Crippen LogP contribution is -2.04. The second kappa shape index (κ2) is 7.97. The Labute approximate surface area is 99.3 Å². The lowest BCUT2D eigenvalue weighted by molar-refractivity contribution is -0.131. The molecule has 0 saturated heterocycles. The van der Waals surface area contributed by atoms with Crippen LogP contribution in [0.4, 0.5) is 8.78 Å².